The molecule has 3 N–H and O–H groups in total. The molecule has 1 aliphatic heterocycles. The molecule has 1 rings (SSSR count). The van der Waals surface area contributed by atoms with Gasteiger partial charge in [-0.1, -0.05) is 6.92 Å². The van der Waals surface area contributed by atoms with Gasteiger partial charge in [0.25, 0.3) is 0 Å². The lowest BCUT2D eigenvalue weighted by molar-refractivity contribution is -0.145. The largest absolute Gasteiger partial charge is 0.481 e. The maximum Gasteiger partial charge on any atom is 0.306 e. The van der Waals surface area contributed by atoms with Crippen molar-refractivity contribution in [3.63, 3.8) is 0 Å². The molecular weight excluding hydrogens is 248 g/mol. The lowest BCUT2D eigenvalue weighted by Gasteiger charge is -2.30. The number of aliphatic hydroxyl groups is 1. The minimum atomic E-state index is -0.761. The maximum absolute atomic E-state index is 11.9. The number of nitrogens with one attached hydrogen (secondary N) is 1. The number of piperidine rings is 1. The second-order valence-corrected chi connectivity index (χ2v) is 5.24. The van der Waals surface area contributed by atoms with Crippen LogP contribution < -0.4 is 5.32 Å². The molecule has 6 nitrogen and oxygen atoms in total. The average molecular weight is 272 g/mol. The van der Waals surface area contributed by atoms with Gasteiger partial charge in [0, 0.05) is 19.7 Å². The molecule has 0 bridgehead atoms. The van der Waals surface area contributed by atoms with Crippen molar-refractivity contribution in [3.8, 4) is 0 Å². The molecule has 0 aromatic heterocycles. The van der Waals surface area contributed by atoms with E-state index >= 15 is 0 Å². The number of aliphatic carboxylic acids is 1. The first kappa shape index (κ1) is 15.9. The molecule has 1 amide bonds. The number of carbonyl (C=O) groups is 2. The van der Waals surface area contributed by atoms with E-state index in [1.54, 1.807) is 4.90 Å². The number of hydrogen-bond donors (Lipinski definition) is 3. The minimum absolute atomic E-state index is 0.0278. The standard InChI is InChI=1S/C13H24N2O4/c1-10(4-7-16)8-14-9-12(17)15-5-2-11(3-6-15)13(18)19/h10-11,14,16H,2-9H2,1H3,(H,18,19). The molecule has 0 aliphatic carbocycles. The Morgan fingerprint density at radius 1 is 1.37 bits per heavy atom. The van der Waals surface area contributed by atoms with Gasteiger partial charge in [0.2, 0.25) is 5.91 Å². The molecule has 1 fully saturated rings. The zero-order valence-corrected chi connectivity index (χ0v) is 11.5. The van der Waals surface area contributed by atoms with Gasteiger partial charge in [-0.3, -0.25) is 9.59 Å². The van der Waals surface area contributed by atoms with E-state index in [1.807, 2.05) is 6.92 Å². The molecule has 110 valence electrons. The molecule has 0 saturated carbocycles. The van der Waals surface area contributed by atoms with Crippen LogP contribution in [0.1, 0.15) is 26.2 Å². The van der Waals surface area contributed by atoms with Crippen molar-refractivity contribution in [2.75, 3.05) is 32.8 Å². The number of aliphatic hydroxyl groups excluding tert-OH is 1. The molecule has 1 saturated heterocycles. The smallest absolute Gasteiger partial charge is 0.306 e. The Balaban J connectivity index is 2.19. The van der Waals surface area contributed by atoms with Gasteiger partial charge in [-0.25, -0.2) is 0 Å². The summed E-state index contributed by atoms with van der Waals surface area (Å²) in [5.41, 5.74) is 0. The van der Waals surface area contributed by atoms with E-state index in [0.29, 0.717) is 38.4 Å². The number of carboxylic acids is 1. The highest BCUT2D eigenvalue weighted by Crippen LogP contribution is 2.17. The Morgan fingerprint density at radius 2 is 2.00 bits per heavy atom. The Hall–Kier alpha value is -1.14. The highest BCUT2D eigenvalue weighted by Gasteiger charge is 2.26. The van der Waals surface area contributed by atoms with Gasteiger partial charge < -0.3 is 20.4 Å². The number of nitrogens with zero attached hydrogens (tertiary/aromatic N) is 1. The molecule has 19 heavy (non-hydrogen) atoms. The summed E-state index contributed by atoms with van der Waals surface area (Å²) < 4.78 is 0. The van der Waals surface area contributed by atoms with Crippen LogP contribution in [0.4, 0.5) is 0 Å². The molecule has 0 spiro atoms. The van der Waals surface area contributed by atoms with Gasteiger partial charge in [0.05, 0.1) is 12.5 Å². The quantitative estimate of drug-likeness (QED) is 0.603. The van der Waals surface area contributed by atoms with Crippen LogP contribution in [0.25, 0.3) is 0 Å². The Kier molecular flexibility index (Phi) is 6.80. The average Bonchev–Trinajstić information content (AvgIpc) is 2.39. The fourth-order valence-electron chi connectivity index (χ4n) is 2.24. The second kappa shape index (κ2) is 8.12. The third-order valence-corrected chi connectivity index (χ3v) is 3.59. The van der Waals surface area contributed by atoms with Crippen LogP contribution in [-0.2, 0) is 9.59 Å². The fraction of sp³-hybridized carbons (Fsp3) is 0.846. The summed E-state index contributed by atoms with van der Waals surface area (Å²) in [5, 5.41) is 20.7. The number of amides is 1. The topological polar surface area (TPSA) is 89.9 Å². The molecule has 1 heterocycles. The van der Waals surface area contributed by atoms with E-state index in [4.69, 9.17) is 10.2 Å². The molecule has 0 aromatic carbocycles. The first-order chi connectivity index (χ1) is 9.04. The predicted octanol–water partition coefficient (Wildman–Crippen LogP) is -0.0823. The summed E-state index contributed by atoms with van der Waals surface area (Å²) in [6, 6.07) is 0. The number of carbonyl (C=O) groups excluding carboxylic acids is 1. The Morgan fingerprint density at radius 3 is 2.53 bits per heavy atom. The zero-order chi connectivity index (χ0) is 14.3. The monoisotopic (exact) mass is 272 g/mol. The van der Waals surface area contributed by atoms with Crippen molar-refractivity contribution in [1.82, 2.24) is 10.2 Å². The van der Waals surface area contributed by atoms with Crippen molar-refractivity contribution < 1.29 is 19.8 Å². The normalized spacial score (nSPS) is 18.3. The van der Waals surface area contributed by atoms with E-state index in [0.717, 1.165) is 6.42 Å². The van der Waals surface area contributed by atoms with Gasteiger partial charge in [-0.05, 0) is 31.7 Å². The van der Waals surface area contributed by atoms with Crippen molar-refractivity contribution in [1.29, 1.82) is 0 Å². The minimum Gasteiger partial charge on any atom is -0.481 e. The SMILES string of the molecule is CC(CCO)CNCC(=O)N1CCC(C(=O)O)CC1. The number of rotatable bonds is 7. The van der Waals surface area contributed by atoms with Crippen molar-refractivity contribution >= 4 is 11.9 Å². The van der Waals surface area contributed by atoms with Crippen LogP contribution in [-0.4, -0.2) is 59.8 Å². The molecule has 0 radical (unpaired) electrons. The summed E-state index contributed by atoms with van der Waals surface area (Å²) >= 11 is 0. The van der Waals surface area contributed by atoms with Crippen LogP contribution in [0, 0.1) is 11.8 Å². The van der Waals surface area contributed by atoms with Crippen molar-refractivity contribution in [2.45, 2.75) is 26.2 Å². The van der Waals surface area contributed by atoms with Gasteiger partial charge in [0.15, 0.2) is 0 Å². The van der Waals surface area contributed by atoms with E-state index in [2.05, 4.69) is 5.32 Å². The van der Waals surface area contributed by atoms with Crippen LogP contribution >= 0.6 is 0 Å². The first-order valence-corrected chi connectivity index (χ1v) is 6.86. The van der Waals surface area contributed by atoms with E-state index in [9.17, 15) is 9.59 Å². The molecule has 1 unspecified atom stereocenters. The second-order valence-electron chi connectivity index (χ2n) is 5.24. The number of carboxylic acid groups (broad SMARTS) is 1. The highest BCUT2D eigenvalue weighted by molar-refractivity contribution is 5.78. The van der Waals surface area contributed by atoms with E-state index < -0.39 is 5.97 Å². The van der Waals surface area contributed by atoms with Gasteiger partial charge in [0.1, 0.15) is 0 Å². The predicted molar refractivity (Wildman–Crippen MR) is 70.7 cm³/mol. The van der Waals surface area contributed by atoms with Gasteiger partial charge in [-0.2, -0.15) is 0 Å². The summed E-state index contributed by atoms with van der Waals surface area (Å²) in [6.45, 7) is 4.24. The van der Waals surface area contributed by atoms with Gasteiger partial charge >= 0.3 is 5.97 Å². The van der Waals surface area contributed by atoms with Crippen molar-refractivity contribution in [2.24, 2.45) is 11.8 Å². The maximum atomic E-state index is 11.9. The third-order valence-electron chi connectivity index (χ3n) is 3.59. The summed E-state index contributed by atoms with van der Waals surface area (Å²) in [5.74, 6) is -0.694. The van der Waals surface area contributed by atoms with Crippen LogP contribution in [0.15, 0.2) is 0 Å². The number of hydrogen-bond acceptors (Lipinski definition) is 4. The van der Waals surface area contributed by atoms with Gasteiger partial charge in [-0.15, -0.1) is 0 Å². The Bertz CT molecular complexity index is 301. The third kappa shape index (κ3) is 5.57. The zero-order valence-electron chi connectivity index (χ0n) is 11.5. The van der Waals surface area contributed by atoms with Crippen LogP contribution in [0.2, 0.25) is 0 Å². The Labute approximate surface area is 113 Å². The fourth-order valence-corrected chi connectivity index (χ4v) is 2.24. The molecule has 0 aromatic rings. The van der Waals surface area contributed by atoms with Crippen LogP contribution in [0.3, 0.4) is 0 Å². The molecular formula is C13H24N2O4. The summed E-state index contributed by atoms with van der Waals surface area (Å²) in [7, 11) is 0. The number of likely N-dealkylation sites (tertiary alicyclic amines) is 1. The molecule has 1 atom stereocenters. The molecule has 6 heteroatoms. The van der Waals surface area contributed by atoms with Crippen molar-refractivity contribution in [3.05, 3.63) is 0 Å². The summed E-state index contributed by atoms with van der Waals surface area (Å²) in [4.78, 5) is 24.4. The highest BCUT2D eigenvalue weighted by atomic mass is 16.4. The van der Waals surface area contributed by atoms with E-state index in [-0.39, 0.29) is 25.0 Å². The first-order valence-electron chi connectivity index (χ1n) is 6.86. The lowest BCUT2D eigenvalue weighted by Crippen LogP contribution is -2.44. The summed E-state index contributed by atoms with van der Waals surface area (Å²) in [6.07, 6.45) is 1.81. The lowest BCUT2D eigenvalue weighted by atomic mass is 9.97. The van der Waals surface area contributed by atoms with Crippen LogP contribution in [0.5, 0.6) is 0 Å². The molecule has 1 aliphatic rings. The van der Waals surface area contributed by atoms with E-state index in [1.165, 1.54) is 0 Å².